The number of aryl methyl sites for hydroxylation is 1. The molecule has 7 heteroatoms. The highest BCUT2D eigenvalue weighted by atomic mass is 16.2. The molecule has 0 amide bonds. The lowest BCUT2D eigenvalue weighted by Gasteiger charge is -2.01. The minimum atomic E-state index is -0.362. The van der Waals surface area contributed by atoms with Crippen LogP contribution in [0.4, 0.5) is 4.79 Å². The highest BCUT2D eigenvalue weighted by Crippen LogP contribution is 2.10. The number of carbonyl (C=O) groups is 1. The Balaban J connectivity index is 2.41. The quantitative estimate of drug-likeness (QED) is 0.776. The van der Waals surface area contributed by atoms with E-state index >= 15 is 0 Å². The average Bonchev–Trinajstić information content (AvgIpc) is 2.97. The molecule has 2 rings (SSSR count). The Labute approximate surface area is 98.5 Å². The van der Waals surface area contributed by atoms with Gasteiger partial charge in [-0.25, -0.2) is 14.8 Å². The van der Waals surface area contributed by atoms with Crippen LogP contribution in [0.2, 0.25) is 0 Å². The first kappa shape index (κ1) is 11.4. The highest BCUT2D eigenvalue weighted by molar-refractivity contribution is 5.77. The summed E-state index contributed by atoms with van der Waals surface area (Å²) in [5.41, 5.74) is 0. The molecule has 0 spiro atoms. The van der Waals surface area contributed by atoms with Crippen molar-refractivity contribution in [2.24, 2.45) is 0 Å². The Morgan fingerprint density at radius 2 is 2.24 bits per heavy atom. The van der Waals surface area contributed by atoms with Crippen molar-refractivity contribution in [1.29, 1.82) is 0 Å². The van der Waals surface area contributed by atoms with Gasteiger partial charge in [0.15, 0.2) is 5.82 Å². The van der Waals surface area contributed by atoms with Crippen molar-refractivity contribution in [3.05, 3.63) is 24.3 Å². The van der Waals surface area contributed by atoms with Gasteiger partial charge in [0.2, 0.25) is 0 Å². The molecule has 0 saturated heterocycles. The molecule has 0 fully saturated rings. The molecule has 0 saturated carbocycles. The summed E-state index contributed by atoms with van der Waals surface area (Å²) >= 11 is 0. The Kier molecular flexibility index (Phi) is 2.99. The van der Waals surface area contributed by atoms with Crippen LogP contribution < -0.4 is 0 Å². The van der Waals surface area contributed by atoms with E-state index in [1.165, 1.54) is 17.3 Å². The van der Waals surface area contributed by atoms with Crippen molar-refractivity contribution in [3.8, 4) is 0 Å². The van der Waals surface area contributed by atoms with Crippen LogP contribution in [-0.2, 0) is 6.42 Å². The predicted octanol–water partition coefficient (Wildman–Crippen LogP) is 1.07. The number of carbonyl (C=O) groups excluding carboxylic acids is 1. The van der Waals surface area contributed by atoms with Gasteiger partial charge in [0.1, 0.15) is 18.5 Å². The molecule has 0 unspecified atom stereocenters. The molecule has 2 aromatic rings. The SMILES string of the molecule is CCc1nc(C(C)C)nn1C(=O)n1cncn1. The van der Waals surface area contributed by atoms with Crippen LogP contribution in [0.15, 0.2) is 12.7 Å². The van der Waals surface area contributed by atoms with Gasteiger partial charge in [-0.15, -0.1) is 5.10 Å². The Morgan fingerprint density at radius 3 is 2.76 bits per heavy atom. The van der Waals surface area contributed by atoms with E-state index in [1.807, 2.05) is 20.8 Å². The van der Waals surface area contributed by atoms with E-state index in [0.717, 1.165) is 4.68 Å². The average molecular weight is 234 g/mol. The summed E-state index contributed by atoms with van der Waals surface area (Å²) in [6.45, 7) is 5.90. The van der Waals surface area contributed by atoms with Crippen LogP contribution in [-0.4, -0.2) is 35.6 Å². The Morgan fingerprint density at radius 1 is 1.47 bits per heavy atom. The van der Waals surface area contributed by atoms with E-state index in [1.54, 1.807) is 0 Å². The van der Waals surface area contributed by atoms with Gasteiger partial charge >= 0.3 is 6.03 Å². The van der Waals surface area contributed by atoms with Crippen LogP contribution in [0.1, 0.15) is 38.3 Å². The maximum absolute atomic E-state index is 12.0. The molecule has 0 atom stereocenters. The van der Waals surface area contributed by atoms with Gasteiger partial charge in [0.25, 0.3) is 0 Å². The standard InChI is InChI=1S/C10H14N6O/c1-4-8-13-9(7(2)3)14-16(8)10(17)15-6-11-5-12-15/h5-7H,4H2,1-3H3. The summed E-state index contributed by atoms with van der Waals surface area (Å²) in [4.78, 5) is 20.1. The van der Waals surface area contributed by atoms with Crippen LogP contribution in [0, 0.1) is 0 Å². The first-order valence-electron chi connectivity index (χ1n) is 5.48. The van der Waals surface area contributed by atoms with Crippen molar-refractivity contribution >= 4 is 6.03 Å². The maximum atomic E-state index is 12.0. The van der Waals surface area contributed by atoms with Crippen molar-refractivity contribution in [3.63, 3.8) is 0 Å². The lowest BCUT2D eigenvalue weighted by molar-refractivity contribution is 0.237. The summed E-state index contributed by atoms with van der Waals surface area (Å²) in [7, 11) is 0. The number of hydrogen-bond acceptors (Lipinski definition) is 5. The van der Waals surface area contributed by atoms with Crippen molar-refractivity contribution in [1.82, 2.24) is 29.5 Å². The van der Waals surface area contributed by atoms with Crippen LogP contribution in [0.3, 0.4) is 0 Å². The monoisotopic (exact) mass is 234 g/mol. The third-order valence-electron chi connectivity index (χ3n) is 2.32. The van der Waals surface area contributed by atoms with Gasteiger partial charge in [0, 0.05) is 12.3 Å². The third-order valence-corrected chi connectivity index (χ3v) is 2.32. The second kappa shape index (κ2) is 4.44. The van der Waals surface area contributed by atoms with Crippen molar-refractivity contribution in [2.45, 2.75) is 33.1 Å². The molecule has 0 aliphatic heterocycles. The maximum Gasteiger partial charge on any atom is 0.372 e. The predicted molar refractivity (Wildman–Crippen MR) is 59.7 cm³/mol. The zero-order valence-corrected chi connectivity index (χ0v) is 10.0. The number of rotatable bonds is 2. The highest BCUT2D eigenvalue weighted by Gasteiger charge is 2.18. The smallest absolute Gasteiger partial charge is 0.243 e. The fourth-order valence-corrected chi connectivity index (χ4v) is 1.39. The van der Waals surface area contributed by atoms with Gasteiger partial charge in [-0.3, -0.25) is 0 Å². The van der Waals surface area contributed by atoms with Gasteiger partial charge < -0.3 is 0 Å². The second-order valence-corrected chi connectivity index (χ2v) is 3.93. The van der Waals surface area contributed by atoms with Gasteiger partial charge in [-0.05, 0) is 0 Å². The molecule has 17 heavy (non-hydrogen) atoms. The first-order chi connectivity index (χ1) is 8.13. The summed E-state index contributed by atoms with van der Waals surface area (Å²) in [6.07, 6.45) is 3.29. The van der Waals surface area contributed by atoms with E-state index in [2.05, 4.69) is 20.2 Å². The minimum Gasteiger partial charge on any atom is -0.243 e. The molecular formula is C10H14N6O. The van der Waals surface area contributed by atoms with Crippen LogP contribution in [0.25, 0.3) is 0 Å². The summed E-state index contributed by atoms with van der Waals surface area (Å²) in [6, 6.07) is -0.362. The van der Waals surface area contributed by atoms with E-state index in [9.17, 15) is 4.79 Å². The fourth-order valence-electron chi connectivity index (χ4n) is 1.39. The lowest BCUT2D eigenvalue weighted by atomic mass is 10.2. The van der Waals surface area contributed by atoms with E-state index in [-0.39, 0.29) is 11.9 Å². The van der Waals surface area contributed by atoms with Crippen molar-refractivity contribution < 1.29 is 4.79 Å². The van der Waals surface area contributed by atoms with Gasteiger partial charge in [-0.2, -0.15) is 14.5 Å². The molecule has 0 aromatic carbocycles. The number of nitrogens with zero attached hydrogens (tertiary/aromatic N) is 6. The number of hydrogen-bond donors (Lipinski definition) is 0. The Hall–Kier alpha value is -2.05. The first-order valence-corrected chi connectivity index (χ1v) is 5.48. The van der Waals surface area contributed by atoms with Crippen LogP contribution in [0.5, 0.6) is 0 Å². The van der Waals surface area contributed by atoms with E-state index < -0.39 is 0 Å². The molecule has 0 radical (unpaired) electrons. The largest absolute Gasteiger partial charge is 0.372 e. The molecule has 0 aliphatic carbocycles. The Bertz CT molecular complexity index is 513. The molecule has 2 aromatic heterocycles. The molecule has 2 heterocycles. The van der Waals surface area contributed by atoms with Gasteiger partial charge in [-0.1, -0.05) is 20.8 Å². The van der Waals surface area contributed by atoms with E-state index in [4.69, 9.17) is 0 Å². The summed E-state index contributed by atoms with van der Waals surface area (Å²) in [5, 5.41) is 7.99. The zero-order chi connectivity index (χ0) is 12.4. The minimum absolute atomic E-state index is 0.185. The topological polar surface area (TPSA) is 78.5 Å². The third kappa shape index (κ3) is 2.08. The summed E-state index contributed by atoms with van der Waals surface area (Å²) < 4.78 is 2.42. The molecule has 0 N–H and O–H groups in total. The van der Waals surface area contributed by atoms with Crippen molar-refractivity contribution in [2.75, 3.05) is 0 Å². The van der Waals surface area contributed by atoms with E-state index in [0.29, 0.717) is 18.1 Å². The summed E-state index contributed by atoms with van der Waals surface area (Å²) in [5.74, 6) is 1.48. The molecule has 0 aliphatic rings. The zero-order valence-electron chi connectivity index (χ0n) is 10.0. The van der Waals surface area contributed by atoms with Gasteiger partial charge in [0.05, 0.1) is 0 Å². The number of aromatic nitrogens is 6. The molecule has 0 bridgehead atoms. The van der Waals surface area contributed by atoms with Crippen LogP contribution >= 0.6 is 0 Å². The molecular weight excluding hydrogens is 220 g/mol. The lowest BCUT2D eigenvalue weighted by Crippen LogP contribution is -2.23. The molecule has 90 valence electrons. The molecule has 7 nitrogen and oxygen atoms in total. The second-order valence-electron chi connectivity index (χ2n) is 3.93. The fraction of sp³-hybridized carbons (Fsp3) is 0.500. The normalized spacial score (nSPS) is 11.1.